The van der Waals surface area contributed by atoms with Gasteiger partial charge in [-0.15, -0.1) is 0 Å². The smallest absolute Gasteiger partial charge is 0.272 e. The molecule has 100 valence electrons. The van der Waals surface area contributed by atoms with Crippen LogP contribution in [0.3, 0.4) is 0 Å². The fourth-order valence-corrected chi connectivity index (χ4v) is 2.22. The lowest BCUT2D eigenvalue weighted by Gasteiger charge is -2.04. The van der Waals surface area contributed by atoms with Crippen molar-refractivity contribution in [2.24, 2.45) is 0 Å². The van der Waals surface area contributed by atoms with E-state index in [0.717, 1.165) is 23.0 Å². The standard InChI is InChI=1S/C17H16N2O/c1-2-12-7-9-14(10-8-12)18-17(20)16-11-13-5-3-4-6-15(13)19-16/h3-11,19H,2H2,1H3,(H,18,20). The van der Waals surface area contributed by atoms with Gasteiger partial charge in [-0.1, -0.05) is 37.3 Å². The molecule has 1 amide bonds. The number of para-hydroxylation sites is 1. The van der Waals surface area contributed by atoms with Gasteiger partial charge in [0.1, 0.15) is 5.69 Å². The van der Waals surface area contributed by atoms with Crippen LogP contribution in [0, 0.1) is 0 Å². The van der Waals surface area contributed by atoms with Crippen molar-refractivity contribution in [1.29, 1.82) is 0 Å². The third-order valence-electron chi connectivity index (χ3n) is 3.39. The number of nitrogens with one attached hydrogen (secondary N) is 2. The van der Waals surface area contributed by atoms with E-state index in [2.05, 4.69) is 17.2 Å². The van der Waals surface area contributed by atoms with E-state index < -0.39 is 0 Å². The highest BCUT2D eigenvalue weighted by Gasteiger charge is 2.09. The van der Waals surface area contributed by atoms with E-state index in [-0.39, 0.29) is 5.91 Å². The van der Waals surface area contributed by atoms with E-state index in [0.29, 0.717) is 5.69 Å². The van der Waals surface area contributed by atoms with Gasteiger partial charge in [-0.2, -0.15) is 0 Å². The number of H-pyrrole nitrogens is 1. The summed E-state index contributed by atoms with van der Waals surface area (Å²) in [6.07, 6.45) is 0.996. The first kappa shape index (κ1) is 12.5. The molecule has 2 aromatic carbocycles. The Morgan fingerprint density at radius 2 is 1.85 bits per heavy atom. The van der Waals surface area contributed by atoms with Gasteiger partial charge in [0.15, 0.2) is 0 Å². The van der Waals surface area contributed by atoms with E-state index >= 15 is 0 Å². The Hall–Kier alpha value is -2.55. The zero-order valence-electron chi connectivity index (χ0n) is 11.3. The molecule has 0 aliphatic heterocycles. The summed E-state index contributed by atoms with van der Waals surface area (Å²) in [4.78, 5) is 15.3. The minimum absolute atomic E-state index is 0.120. The van der Waals surface area contributed by atoms with Crippen molar-refractivity contribution in [3.63, 3.8) is 0 Å². The minimum Gasteiger partial charge on any atom is -0.351 e. The maximum absolute atomic E-state index is 12.2. The molecular weight excluding hydrogens is 248 g/mol. The lowest BCUT2D eigenvalue weighted by atomic mass is 10.1. The lowest BCUT2D eigenvalue weighted by molar-refractivity contribution is 0.102. The summed E-state index contributed by atoms with van der Waals surface area (Å²) < 4.78 is 0. The highest BCUT2D eigenvalue weighted by atomic mass is 16.1. The highest BCUT2D eigenvalue weighted by molar-refractivity contribution is 6.05. The predicted octanol–water partition coefficient (Wildman–Crippen LogP) is 3.98. The quantitative estimate of drug-likeness (QED) is 0.738. The molecule has 0 radical (unpaired) electrons. The topological polar surface area (TPSA) is 44.9 Å². The van der Waals surface area contributed by atoms with Crippen LogP contribution in [-0.4, -0.2) is 10.9 Å². The second-order valence-electron chi connectivity index (χ2n) is 4.77. The van der Waals surface area contributed by atoms with Gasteiger partial charge in [0.05, 0.1) is 0 Å². The number of carbonyl (C=O) groups excluding carboxylic acids is 1. The van der Waals surface area contributed by atoms with E-state index in [1.54, 1.807) is 0 Å². The van der Waals surface area contributed by atoms with Gasteiger partial charge >= 0.3 is 0 Å². The van der Waals surface area contributed by atoms with E-state index in [4.69, 9.17) is 0 Å². The monoisotopic (exact) mass is 264 g/mol. The van der Waals surface area contributed by atoms with Crippen LogP contribution in [0.1, 0.15) is 23.0 Å². The first-order valence-corrected chi connectivity index (χ1v) is 6.74. The van der Waals surface area contributed by atoms with Crippen LogP contribution in [0.5, 0.6) is 0 Å². The Morgan fingerprint density at radius 1 is 1.10 bits per heavy atom. The van der Waals surface area contributed by atoms with Crippen molar-refractivity contribution in [1.82, 2.24) is 4.98 Å². The van der Waals surface area contributed by atoms with E-state index in [9.17, 15) is 4.79 Å². The number of hydrogen-bond donors (Lipinski definition) is 2. The Labute approximate surface area is 117 Å². The molecule has 1 aromatic heterocycles. The molecule has 3 nitrogen and oxygen atoms in total. The second kappa shape index (κ2) is 5.21. The van der Waals surface area contributed by atoms with Crippen molar-refractivity contribution < 1.29 is 4.79 Å². The number of anilines is 1. The first-order valence-electron chi connectivity index (χ1n) is 6.74. The van der Waals surface area contributed by atoms with Gasteiger partial charge in [0, 0.05) is 16.6 Å². The molecule has 0 aliphatic rings. The summed E-state index contributed by atoms with van der Waals surface area (Å²) in [5.41, 5.74) is 3.62. The van der Waals surface area contributed by atoms with Gasteiger partial charge in [-0.05, 0) is 36.2 Å². The molecule has 0 bridgehead atoms. The summed E-state index contributed by atoms with van der Waals surface area (Å²) in [7, 11) is 0. The van der Waals surface area contributed by atoms with Crippen LogP contribution in [0.15, 0.2) is 54.6 Å². The van der Waals surface area contributed by atoms with Crippen molar-refractivity contribution >= 4 is 22.5 Å². The third-order valence-corrected chi connectivity index (χ3v) is 3.39. The molecule has 0 saturated carbocycles. The summed E-state index contributed by atoms with van der Waals surface area (Å²) >= 11 is 0. The number of fused-ring (bicyclic) bond motifs is 1. The normalized spacial score (nSPS) is 10.7. The molecule has 3 aromatic rings. The molecule has 3 heteroatoms. The van der Waals surface area contributed by atoms with Crippen LogP contribution in [-0.2, 0) is 6.42 Å². The third kappa shape index (κ3) is 2.43. The van der Waals surface area contributed by atoms with Gasteiger partial charge < -0.3 is 10.3 Å². The molecule has 0 atom stereocenters. The average Bonchev–Trinajstić information content (AvgIpc) is 2.92. The molecule has 0 saturated heterocycles. The minimum atomic E-state index is -0.120. The number of aromatic amines is 1. The predicted molar refractivity (Wildman–Crippen MR) is 82.1 cm³/mol. The van der Waals surface area contributed by atoms with E-state index in [1.807, 2.05) is 54.6 Å². The number of rotatable bonds is 3. The summed E-state index contributed by atoms with van der Waals surface area (Å²) in [5, 5.41) is 3.94. The first-order chi connectivity index (χ1) is 9.76. The van der Waals surface area contributed by atoms with Crippen LogP contribution in [0.4, 0.5) is 5.69 Å². The van der Waals surface area contributed by atoms with Gasteiger partial charge in [0.25, 0.3) is 5.91 Å². The van der Waals surface area contributed by atoms with Crippen molar-refractivity contribution in [2.75, 3.05) is 5.32 Å². The molecule has 0 unspecified atom stereocenters. The molecular formula is C17H16N2O. The van der Waals surface area contributed by atoms with Gasteiger partial charge in [0.2, 0.25) is 0 Å². The van der Waals surface area contributed by atoms with Crippen molar-refractivity contribution in [3.05, 3.63) is 65.9 Å². The summed E-state index contributed by atoms with van der Waals surface area (Å²) in [6.45, 7) is 2.11. The molecule has 0 spiro atoms. The number of aromatic nitrogens is 1. The molecule has 0 aliphatic carbocycles. The Bertz CT molecular complexity index is 708. The number of carbonyl (C=O) groups is 1. The van der Waals surface area contributed by atoms with Crippen molar-refractivity contribution in [2.45, 2.75) is 13.3 Å². The maximum atomic E-state index is 12.2. The van der Waals surface area contributed by atoms with Crippen LogP contribution in [0.2, 0.25) is 0 Å². The zero-order valence-corrected chi connectivity index (χ0v) is 11.3. The van der Waals surface area contributed by atoms with E-state index in [1.165, 1.54) is 5.56 Å². The fourth-order valence-electron chi connectivity index (χ4n) is 2.22. The summed E-state index contributed by atoms with van der Waals surface area (Å²) in [5.74, 6) is -0.120. The van der Waals surface area contributed by atoms with Crippen LogP contribution >= 0.6 is 0 Å². The maximum Gasteiger partial charge on any atom is 0.272 e. The molecule has 20 heavy (non-hydrogen) atoms. The zero-order chi connectivity index (χ0) is 13.9. The lowest BCUT2D eigenvalue weighted by Crippen LogP contribution is -2.12. The number of benzene rings is 2. The Morgan fingerprint density at radius 3 is 2.55 bits per heavy atom. The number of hydrogen-bond acceptors (Lipinski definition) is 1. The second-order valence-corrected chi connectivity index (χ2v) is 4.77. The Kier molecular flexibility index (Phi) is 3.25. The number of amides is 1. The largest absolute Gasteiger partial charge is 0.351 e. The fraction of sp³-hybridized carbons (Fsp3) is 0.118. The Balaban J connectivity index is 1.81. The van der Waals surface area contributed by atoms with Gasteiger partial charge in [-0.25, -0.2) is 0 Å². The average molecular weight is 264 g/mol. The molecule has 2 N–H and O–H groups in total. The molecule has 1 heterocycles. The summed E-state index contributed by atoms with van der Waals surface area (Å²) in [6, 6.07) is 17.6. The SMILES string of the molecule is CCc1ccc(NC(=O)c2cc3ccccc3[nH]2)cc1. The van der Waals surface area contributed by atoms with Crippen LogP contribution in [0.25, 0.3) is 10.9 Å². The van der Waals surface area contributed by atoms with Crippen molar-refractivity contribution in [3.8, 4) is 0 Å². The molecule has 0 fully saturated rings. The van der Waals surface area contributed by atoms with Gasteiger partial charge in [-0.3, -0.25) is 4.79 Å². The number of aryl methyl sites for hydroxylation is 1. The van der Waals surface area contributed by atoms with Crippen LogP contribution < -0.4 is 5.32 Å². The highest BCUT2D eigenvalue weighted by Crippen LogP contribution is 2.16. The molecule has 3 rings (SSSR count).